The van der Waals surface area contributed by atoms with E-state index >= 15 is 0 Å². The van der Waals surface area contributed by atoms with Crippen LogP contribution in [0.2, 0.25) is 0 Å². The zero-order chi connectivity index (χ0) is 27.2. The number of carbonyl (C=O) groups excluding carboxylic acids is 3. The van der Waals surface area contributed by atoms with E-state index in [9.17, 15) is 24.8 Å². The predicted molar refractivity (Wildman–Crippen MR) is 140 cm³/mol. The van der Waals surface area contributed by atoms with Crippen molar-refractivity contribution in [1.29, 1.82) is 0 Å². The smallest absolute Gasteiger partial charge is 0.337 e. The molecule has 1 unspecified atom stereocenters. The summed E-state index contributed by atoms with van der Waals surface area (Å²) in [5, 5.41) is 24.3. The first-order valence-corrected chi connectivity index (χ1v) is 12.2. The third kappa shape index (κ3) is 9.57. The number of nitrogens with one attached hydrogen (secondary N) is 2. The Morgan fingerprint density at radius 1 is 1.03 bits per heavy atom. The Hall–Kier alpha value is -3.92. The summed E-state index contributed by atoms with van der Waals surface area (Å²) in [7, 11) is 1.28. The number of unbranched alkanes of at least 4 members (excludes halogenated alkanes) is 1. The van der Waals surface area contributed by atoms with Crippen molar-refractivity contribution in [3.8, 4) is 0 Å². The number of hydrogen-bond donors (Lipinski definition) is 4. The van der Waals surface area contributed by atoms with Crippen LogP contribution in [0, 0.1) is 5.92 Å². The van der Waals surface area contributed by atoms with Crippen molar-refractivity contribution in [2.24, 2.45) is 11.1 Å². The quantitative estimate of drug-likeness (QED) is 0.0798. The molecule has 0 aliphatic rings. The number of oxime groups is 1. The molecule has 0 spiro atoms. The maximum absolute atomic E-state index is 13.4. The van der Waals surface area contributed by atoms with Gasteiger partial charge >= 0.3 is 5.97 Å². The van der Waals surface area contributed by atoms with Gasteiger partial charge in [-0.3, -0.25) is 20.3 Å². The lowest BCUT2D eigenvalue weighted by Crippen LogP contribution is -2.51. The minimum atomic E-state index is -0.896. The van der Waals surface area contributed by atoms with E-state index < -0.39 is 17.9 Å². The monoisotopic (exact) mass is 512 g/mol. The van der Waals surface area contributed by atoms with Crippen LogP contribution in [0.1, 0.15) is 55.5 Å². The first-order chi connectivity index (χ1) is 17.8. The zero-order valence-electron chi connectivity index (χ0n) is 21.5. The molecular weight excluding hydrogens is 476 g/mol. The highest BCUT2D eigenvalue weighted by atomic mass is 16.5. The Morgan fingerprint density at radius 3 is 2.27 bits per heavy atom. The van der Waals surface area contributed by atoms with E-state index in [4.69, 9.17) is 4.74 Å². The molecule has 2 aromatic rings. The molecule has 0 radical (unpaired) electrons. The maximum Gasteiger partial charge on any atom is 0.337 e. The summed E-state index contributed by atoms with van der Waals surface area (Å²) in [4.78, 5) is 39.7. The van der Waals surface area contributed by atoms with Gasteiger partial charge < -0.3 is 20.2 Å². The Balaban J connectivity index is 2.17. The fourth-order valence-electron chi connectivity index (χ4n) is 3.87. The molecule has 37 heavy (non-hydrogen) atoms. The second-order valence-corrected chi connectivity index (χ2v) is 9.08. The molecule has 4 N–H and O–H groups in total. The zero-order valence-corrected chi connectivity index (χ0v) is 21.5. The summed E-state index contributed by atoms with van der Waals surface area (Å²) in [6, 6.07) is 15.3. The normalized spacial score (nSPS) is 12.1. The van der Waals surface area contributed by atoms with Crippen LogP contribution in [0.15, 0.2) is 59.8 Å². The van der Waals surface area contributed by atoms with Gasteiger partial charge in [0.1, 0.15) is 6.04 Å². The number of rotatable bonds is 13. The van der Waals surface area contributed by atoms with Crippen molar-refractivity contribution in [1.82, 2.24) is 10.4 Å². The standard InChI is InChI=1S/C27H36N4O6/c1-19(2)17-23(26(33)28-22-15-13-21(14-16-22)27(34)37-3)31(18-24(29-35)30-36)25(32)12-8-7-11-20-9-5-4-6-10-20/h4-6,9-10,13-16,19,23,35-36H,7-8,11-12,17-18H2,1-3H3,(H,28,33)(H,29,30). The van der Waals surface area contributed by atoms with E-state index in [0.29, 0.717) is 24.1 Å². The second kappa shape index (κ2) is 15.2. The minimum Gasteiger partial charge on any atom is -0.465 e. The number of hydrogen-bond acceptors (Lipinski definition) is 7. The van der Waals surface area contributed by atoms with Crippen molar-refractivity contribution >= 4 is 29.3 Å². The van der Waals surface area contributed by atoms with Crippen LogP contribution < -0.4 is 10.8 Å². The lowest BCUT2D eigenvalue weighted by atomic mass is 10.00. The number of nitrogens with zero attached hydrogens (tertiary/aromatic N) is 2. The number of amidine groups is 1. The third-order valence-electron chi connectivity index (χ3n) is 5.79. The minimum absolute atomic E-state index is 0.0578. The number of ether oxygens (including phenoxy) is 1. The van der Waals surface area contributed by atoms with E-state index in [-0.39, 0.29) is 30.6 Å². The van der Waals surface area contributed by atoms with Crippen molar-refractivity contribution in [3.05, 3.63) is 65.7 Å². The molecule has 0 bridgehead atoms. The molecule has 10 nitrogen and oxygen atoms in total. The molecule has 0 aliphatic carbocycles. The van der Waals surface area contributed by atoms with Crippen LogP contribution in [0.4, 0.5) is 5.69 Å². The largest absolute Gasteiger partial charge is 0.465 e. The average molecular weight is 513 g/mol. The van der Waals surface area contributed by atoms with Crippen LogP contribution >= 0.6 is 0 Å². The maximum atomic E-state index is 13.4. The van der Waals surface area contributed by atoms with Crippen molar-refractivity contribution < 1.29 is 29.5 Å². The van der Waals surface area contributed by atoms with Gasteiger partial charge in [-0.15, -0.1) is 0 Å². The fourth-order valence-corrected chi connectivity index (χ4v) is 3.87. The number of esters is 1. The number of hydroxylamine groups is 1. The summed E-state index contributed by atoms with van der Waals surface area (Å²) in [6.07, 6.45) is 2.75. The van der Waals surface area contributed by atoms with Gasteiger partial charge in [0.15, 0.2) is 5.84 Å². The number of benzene rings is 2. The molecule has 2 rings (SSSR count). The van der Waals surface area contributed by atoms with E-state index in [0.717, 1.165) is 12.8 Å². The van der Waals surface area contributed by atoms with Crippen molar-refractivity contribution in [2.75, 3.05) is 19.0 Å². The van der Waals surface area contributed by atoms with Crippen molar-refractivity contribution in [2.45, 2.75) is 52.0 Å². The van der Waals surface area contributed by atoms with Crippen LogP contribution in [-0.2, 0) is 20.7 Å². The van der Waals surface area contributed by atoms with Gasteiger partial charge in [0.05, 0.1) is 19.2 Å². The number of methoxy groups -OCH3 is 1. The lowest BCUT2D eigenvalue weighted by Gasteiger charge is -2.32. The molecule has 2 aromatic carbocycles. The fraction of sp³-hybridized carbons (Fsp3) is 0.407. The Kier molecular flexibility index (Phi) is 12.1. The van der Waals surface area contributed by atoms with E-state index in [1.165, 1.54) is 29.7 Å². The summed E-state index contributed by atoms with van der Waals surface area (Å²) in [5.41, 5.74) is 3.74. The van der Waals surface area contributed by atoms with Gasteiger partial charge in [-0.25, -0.2) is 4.79 Å². The van der Waals surface area contributed by atoms with Gasteiger partial charge in [-0.1, -0.05) is 49.3 Å². The van der Waals surface area contributed by atoms with E-state index in [1.54, 1.807) is 17.6 Å². The Labute approximate surface area is 217 Å². The molecule has 2 amide bonds. The van der Waals surface area contributed by atoms with Gasteiger partial charge in [0, 0.05) is 12.1 Å². The summed E-state index contributed by atoms with van der Waals surface area (Å²) < 4.78 is 4.69. The highest BCUT2D eigenvalue weighted by molar-refractivity contribution is 5.99. The Morgan fingerprint density at radius 2 is 1.70 bits per heavy atom. The molecule has 10 heteroatoms. The number of anilines is 1. The van der Waals surface area contributed by atoms with Crippen LogP contribution in [0.5, 0.6) is 0 Å². The molecule has 0 fully saturated rings. The third-order valence-corrected chi connectivity index (χ3v) is 5.79. The van der Waals surface area contributed by atoms with Crippen LogP contribution in [0.25, 0.3) is 0 Å². The Bertz CT molecular complexity index is 1040. The average Bonchev–Trinajstić information content (AvgIpc) is 2.91. The second-order valence-electron chi connectivity index (χ2n) is 9.08. The predicted octanol–water partition coefficient (Wildman–Crippen LogP) is 3.83. The molecular formula is C27H36N4O6. The summed E-state index contributed by atoms with van der Waals surface area (Å²) in [6.45, 7) is 3.58. The molecule has 0 saturated heterocycles. The van der Waals surface area contributed by atoms with Crippen LogP contribution in [0.3, 0.4) is 0 Å². The SMILES string of the molecule is COC(=O)c1ccc(NC(=O)C(CC(C)C)N(CC(=NO)NO)C(=O)CCCCc2ccccc2)cc1. The highest BCUT2D eigenvalue weighted by Crippen LogP contribution is 2.18. The van der Waals surface area contributed by atoms with Crippen LogP contribution in [-0.4, -0.2) is 58.6 Å². The van der Waals surface area contributed by atoms with Gasteiger partial charge in [-0.05, 0) is 61.4 Å². The lowest BCUT2D eigenvalue weighted by molar-refractivity contribution is -0.138. The van der Waals surface area contributed by atoms with Gasteiger partial charge in [0.2, 0.25) is 11.8 Å². The highest BCUT2D eigenvalue weighted by Gasteiger charge is 2.31. The number of carbonyl (C=O) groups is 3. The van der Waals surface area contributed by atoms with E-state index in [1.807, 2.05) is 44.2 Å². The molecule has 0 aromatic heterocycles. The number of amides is 2. The first-order valence-electron chi connectivity index (χ1n) is 12.2. The topological polar surface area (TPSA) is 141 Å². The molecule has 0 aliphatic heterocycles. The summed E-state index contributed by atoms with van der Waals surface area (Å²) >= 11 is 0. The van der Waals surface area contributed by atoms with E-state index in [2.05, 4.69) is 10.5 Å². The molecule has 1 atom stereocenters. The number of aryl methyl sites for hydroxylation is 1. The molecule has 0 saturated carbocycles. The first kappa shape index (κ1) is 29.3. The van der Waals surface area contributed by atoms with Crippen molar-refractivity contribution in [3.63, 3.8) is 0 Å². The molecule has 200 valence electrons. The molecule has 0 heterocycles. The van der Waals surface area contributed by atoms with Gasteiger partial charge in [-0.2, -0.15) is 0 Å². The summed E-state index contributed by atoms with van der Waals surface area (Å²) in [5.74, 6) is -1.44. The van der Waals surface area contributed by atoms with Gasteiger partial charge in [0.25, 0.3) is 0 Å².